The summed E-state index contributed by atoms with van der Waals surface area (Å²) in [6.07, 6.45) is 0.175. The molecule has 1 aromatic heterocycles. The lowest BCUT2D eigenvalue weighted by Gasteiger charge is -2.16. The van der Waals surface area contributed by atoms with Crippen LogP contribution < -0.4 is 4.74 Å². The van der Waals surface area contributed by atoms with Crippen LogP contribution in [0.3, 0.4) is 0 Å². The second-order valence-corrected chi connectivity index (χ2v) is 7.90. The van der Waals surface area contributed by atoms with Gasteiger partial charge in [0.15, 0.2) is 24.0 Å². The van der Waals surface area contributed by atoms with Gasteiger partial charge in [0.05, 0.1) is 4.90 Å². The van der Waals surface area contributed by atoms with E-state index >= 15 is 0 Å². The largest absolute Gasteiger partial charge is 0.481 e. The molecular formula is C18H17F2N3O4S. The predicted octanol–water partition coefficient (Wildman–Crippen LogP) is 2.79. The summed E-state index contributed by atoms with van der Waals surface area (Å²) < 4.78 is 63.0. The molecule has 3 rings (SSSR count). The Morgan fingerprint density at radius 1 is 1.14 bits per heavy atom. The van der Waals surface area contributed by atoms with Crippen molar-refractivity contribution in [3.63, 3.8) is 0 Å². The maximum atomic E-state index is 13.5. The maximum absolute atomic E-state index is 13.5. The minimum atomic E-state index is -3.84. The number of sulfonamides is 1. The Morgan fingerprint density at radius 2 is 1.93 bits per heavy atom. The van der Waals surface area contributed by atoms with E-state index in [-0.39, 0.29) is 41.9 Å². The molecule has 0 fully saturated rings. The first-order chi connectivity index (χ1) is 13.4. The van der Waals surface area contributed by atoms with Crippen LogP contribution in [0.5, 0.6) is 5.75 Å². The summed E-state index contributed by atoms with van der Waals surface area (Å²) in [7, 11) is -2.46. The average Bonchev–Trinajstić information content (AvgIpc) is 3.13. The highest BCUT2D eigenvalue weighted by molar-refractivity contribution is 7.89. The van der Waals surface area contributed by atoms with Gasteiger partial charge in [0.2, 0.25) is 10.0 Å². The Kier molecular flexibility index (Phi) is 6.00. The highest BCUT2D eigenvalue weighted by Crippen LogP contribution is 2.17. The fourth-order valence-electron chi connectivity index (χ4n) is 2.34. The molecular weight excluding hydrogens is 392 g/mol. The summed E-state index contributed by atoms with van der Waals surface area (Å²) >= 11 is 0. The molecule has 0 spiro atoms. The van der Waals surface area contributed by atoms with Crippen molar-refractivity contribution in [2.24, 2.45) is 0 Å². The van der Waals surface area contributed by atoms with Crippen molar-refractivity contribution in [2.45, 2.75) is 17.9 Å². The molecule has 0 aliphatic carbocycles. The molecule has 0 aliphatic rings. The van der Waals surface area contributed by atoms with Crippen molar-refractivity contribution < 1.29 is 26.5 Å². The van der Waals surface area contributed by atoms with Gasteiger partial charge in [-0.15, -0.1) is 0 Å². The fourth-order valence-corrected chi connectivity index (χ4v) is 3.54. The zero-order chi connectivity index (χ0) is 20.1. The molecule has 7 nitrogen and oxygen atoms in total. The molecule has 0 radical (unpaired) electrons. The zero-order valence-electron chi connectivity index (χ0n) is 14.9. The monoisotopic (exact) mass is 409 g/mol. The average molecular weight is 409 g/mol. The van der Waals surface area contributed by atoms with Crippen LogP contribution in [0, 0.1) is 11.6 Å². The molecule has 1 heterocycles. The summed E-state index contributed by atoms with van der Waals surface area (Å²) in [5, 5.41) is 3.75. The molecule has 0 aliphatic heterocycles. The lowest BCUT2D eigenvalue weighted by Crippen LogP contribution is -2.29. The molecule has 0 unspecified atom stereocenters. The number of halogens is 2. The molecule has 28 heavy (non-hydrogen) atoms. The second-order valence-electron chi connectivity index (χ2n) is 5.86. The number of ether oxygens (including phenoxy) is 1. The van der Waals surface area contributed by atoms with Crippen LogP contribution in [0.4, 0.5) is 8.78 Å². The van der Waals surface area contributed by atoms with Gasteiger partial charge < -0.3 is 9.26 Å². The molecule has 0 amide bonds. The van der Waals surface area contributed by atoms with E-state index in [0.29, 0.717) is 0 Å². The quantitative estimate of drug-likeness (QED) is 0.569. The van der Waals surface area contributed by atoms with Crippen LogP contribution in [0.25, 0.3) is 0 Å². The van der Waals surface area contributed by atoms with Crippen LogP contribution in [-0.2, 0) is 23.1 Å². The lowest BCUT2D eigenvalue weighted by molar-refractivity contribution is 0.234. The first-order valence-electron chi connectivity index (χ1n) is 8.27. The second kappa shape index (κ2) is 8.44. The van der Waals surface area contributed by atoms with Gasteiger partial charge in [0, 0.05) is 20.0 Å². The maximum Gasteiger partial charge on any atom is 0.264 e. The number of hydrogen-bond donors (Lipinski definition) is 0. The van der Waals surface area contributed by atoms with Crippen molar-refractivity contribution in [2.75, 3.05) is 13.6 Å². The number of likely N-dealkylation sites (N-methyl/N-ethyl adjacent to an activating group) is 1. The summed E-state index contributed by atoms with van der Waals surface area (Å²) in [4.78, 5) is 3.95. The Balaban J connectivity index is 1.57. The third kappa shape index (κ3) is 4.70. The highest BCUT2D eigenvalue weighted by atomic mass is 32.2. The highest BCUT2D eigenvalue weighted by Gasteiger charge is 2.21. The van der Waals surface area contributed by atoms with E-state index in [0.717, 1.165) is 10.4 Å². The fraction of sp³-hybridized carbons (Fsp3) is 0.222. The predicted molar refractivity (Wildman–Crippen MR) is 94.9 cm³/mol. The van der Waals surface area contributed by atoms with E-state index < -0.39 is 21.7 Å². The first kappa shape index (κ1) is 19.9. The van der Waals surface area contributed by atoms with Gasteiger partial charge in [0.25, 0.3) is 5.89 Å². The normalized spacial score (nSPS) is 11.7. The van der Waals surface area contributed by atoms with E-state index in [9.17, 15) is 17.2 Å². The summed E-state index contributed by atoms with van der Waals surface area (Å²) in [6, 6.07) is 10.7. The number of hydrogen-bond acceptors (Lipinski definition) is 6. The van der Waals surface area contributed by atoms with Gasteiger partial charge in [-0.05, 0) is 30.3 Å². The van der Waals surface area contributed by atoms with Gasteiger partial charge in [0.1, 0.15) is 5.82 Å². The molecule has 10 heteroatoms. The van der Waals surface area contributed by atoms with Crippen molar-refractivity contribution >= 4 is 10.0 Å². The smallest absolute Gasteiger partial charge is 0.264 e. The number of nitrogens with zero attached hydrogens (tertiary/aromatic N) is 3. The third-order valence-electron chi connectivity index (χ3n) is 3.85. The Bertz CT molecular complexity index is 1060. The Hall–Kier alpha value is -2.85. The van der Waals surface area contributed by atoms with Crippen LogP contribution in [0.15, 0.2) is 57.9 Å². The number of para-hydroxylation sites is 1. The van der Waals surface area contributed by atoms with Gasteiger partial charge in [-0.25, -0.2) is 21.5 Å². The molecule has 3 aromatic rings. The zero-order valence-corrected chi connectivity index (χ0v) is 15.7. The lowest BCUT2D eigenvalue weighted by atomic mass is 10.3. The molecule has 0 bridgehead atoms. The van der Waals surface area contributed by atoms with Crippen LogP contribution in [0.1, 0.15) is 11.7 Å². The van der Waals surface area contributed by atoms with Crippen LogP contribution >= 0.6 is 0 Å². The molecule has 0 N–H and O–H groups in total. The Morgan fingerprint density at radius 3 is 2.68 bits per heavy atom. The topological polar surface area (TPSA) is 85.5 Å². The number of aromatic nitrogens is 2. The van der Waals surface area contributed by atoms with Crippen LogP contribution in [-0.4, -0.2) is 36.5 Å². The van der Waals surface area contributed by atoms with Crippen LogP contribution in [0.2, 0.25) is 0 Å². The van der Waals surface area contributed by atoms with Gasteiger partial charge in [-0.1, -0.05) is 23.4 Å². The van der Waals surface area contributed by atoms with E-state index in [1.165, 1.54) is 37.4 Å². The molecule has 148 valence electrons. The molecule has 2 aromatic carbocycles. The summed E-state index contributed by atoms with van der Waals surface area (Å²) in [6.45, 7) is -0.0582. The minimum absolute atomic E-state index is 0.0585. The van der Waals surface area contributed by atoms with Gasteiger partial charge in [-0.2, -0.15) is 4.98 Å². The first-order valence-corrected chi connectivity index (χ1v) is 9.71. The number of benzene rings is 2. The third-order valence-corrected chi connectivity index (χ3v) is 5.71. The molecule has 0 saturated carbocycles. The van der Waals surface area contributed by atoms with Crippen molar-refractivity contribution in [3.8, 4) is 5.75 Å². The Labute approximate surface area is 160 Å². The van der Waals surface area contributed by atoms with E-state index in [4.69, 9.17) is 9.26 Å². The van der Waals surface area contributed by atoms with Crippen molar-refractivity contribution in [1.29, 1.82) is 0 Å². The summed E-state index contributed by atoms with van der Waals surface area (Å²) in [5.41, 5.74) is 0. The molecule has 0 atom stereocenters. The minimum Gasteiger partial charge on any atom is -0.481 e. The van der Waals surface area contributed by atoms with E-state index in [1.54, 1.807) is 12.1 Å². The van der Waals surface area contributed by atoms with Gasteiger partial charge in [-0.3, -0.25) is 0 Å². The van der Waals surface area contributed by atoms with Crippen molar-refractivity contribution in [3.05, 3.63) is 71.9 Å². The summed E-state index contributed by atoms with van der Waals surface area (Å²) in [5.74, 6) is -0.677. The van der Waals surface area contributed by atoms with E-state index in [2.05, 4.69) is 10.1 Å². The SMILES string of the molecule is CN(CCc1noc(COc2ccccc2F)n1)S(=O)(=O)c1cccc(F)c1. The van der Waals surface area contributed by atoms with Gasteiger partial charge >= 0.3 is 0 Å². The standard InChI is InChI=1S/C18H17F2N3O4S/c1-23(28(24,25)14-6-4-5-13(19)11-14)10-9-17-21-18(27-22-17)12-26-16-8-3-2-7-15(16)20/h2-8,11H,9-10,12H2,1H3. The number of rotatable bonds is 8. The van der Waals surface area contributed by atoms with E-state index in [1.807, 2.05) is 0 Å². The van der Waals surface area contributed by atoms with Crippen molar-refractivity contribution in [1.82, 2.24) is 14.4 Å². The molecule has 0 saturated heterocycles.